The average Bonchev–Trinajstić information content (AvgIpc) is 2.92. The molecular formula is C16H24FIN4O. The summed E-state index contributed by atoms with van der Waals surface area (Å²) in [5, 5.41) is 7.56. The van der Waals surface area contributed by atoms with Crippen molar-refractivity contribution in [3.05, 3.63) is 35.8 Å². The van der Waals surface area contributed by atoms with E-state index in [1.807, 2.05) is 12.3 Å². The number of rotatable bonds is 7. The van der Waals surface area contributed by atoms with E-state index in [9.17, 15) is 4.39 Å². The van der Waals surface area contributed by atoms with Crippen molar-refractivity contribution in [2.75, 3.05) is 33.9 Å². The van der Waals surface area contributed by atoms with Crippen molar-refractivity contribution >= 4 is 40.8 Å². The van der Waals surface area contributed by atoms with E-state index >= 15 is 0 Å². The average molecular weight is 434 g/mol. The summed E-state index contributed by atoms with van der Waals surface area (Å²) in [5.41, 5.74) is 1.99. The minimum atomic E-state index is -0.223. The molecule has 0 aliphatic rings. The number of aliphatic imine (C=N–C) groups is 1. The third kappa shape index (κ3) is 5.98. The third-order valence-corrected chi connectivity index (χ3v) is 3.46. The Labute approximate surface area is 153 Å². The second-order valence-electron chi connectivity index (χ2n) is 5.03. The SMILES string of the molecule is CN=C(NCCCOC)NCCc1c[nH]c2cc(F)ccc12.I. The Hall–Kier alpha value is -1.35. The van der Waals surface area contributed by atoms with E-state index in [0.29, 0.717) is 0 Å². The highest BCUT2D eigenvalue weighted by Crippen LogP contribution is 2.19. The van der Waals surface area contributed by atoms with Crippen LogP contribution in [0.15, 0.2) is 29.4 Å². The maximum Gasteiger partial charge on any atom is 0.190 e. The van der Waals surface area contributed by atoms with Gasteiger partial charge in [0.2, 0.25) is 0 Å². The van der Waals surface area contributed by atoms with Crippen molar-refractivity contribution < 1.29 is 9.13 Å². The van der Waals surface area contributed by atoms with Gasteiger partial charge in [-0.05, 0) is 36.6 Å². The van der Waals surface area contributed by atoms with Crippen LogP contribution >= 0.6 is 24.0 Å². The number of methoxy groups -OCH3 is 1. The Morgan fingerprint density at radius 3 is 2.83 bits per heavy atom. The molecule has 128 valence electrons. The molecule has 1 heterocycles. The van der Waals surface area contributed by atoms with E-state index in [1.54, 1.807) is 14.2 Å². The summed E-state index contributed by atoms with van der Waals surface area (Å²) in [6.45, 7) is 2.31. The molecule has 0 saturated carbocycles. The first-order chi connectivity index (χ1) is 10.7. The fraction of sp³-hybridized carbons (Fsp3) is 0.438. The molecule has 1 aromatic heterocycles. The first-order valence-electron chi connectivity index (χ1n) is 7.43. The molecule has 7 heteroatoms. The molecule has 0 aliphatic carbocycles. The minimum Gasteiger partial charge on any atom is -0.385 e. The van der Waals surface area contributed by atoms with Gasteiger partial charge in [-0.2, -0.15) is 0 Å². The Bertz CT molecular complexity index is 630. The quantitative estimate of drug-likeness (QED) is 0.272. The molecule has 0 unspecified atom stereocenters. The Balaban J connectivity index is 0.00000264. The molecule has 0 radical (unpaired) electrons. The number of hydrogen-bond acceptors (Lipinski definition) is 2. The number of nitrogens with one attached hydrogen (secondary N) is 3. The lowest BCUT2D eigenvalue weighted by Crippen LogP contribution is -2.38. The third-order valence-electron chi connectivity index (χ3n) is 3.46. The van der Waals surface area contributed by atoms with Crippen LogP contribution in [-0.4, -0.2) is 44.8 Å². The van der Waals surface area contributed by atoms with Crippen LogP contribution in [0.5, 0.6) is 0 Å². The maximum atomic E-state index is 13.2. The highest BCUT2D eigenvalue weighted by Gasteiger charge is 2.05. The number of halogens is 2. The number of guanidine groups is 1. The molecule has 0 atom stereocenters. The summed E-state index contributed by atoms with van der Waals surface area (Å²) in [4.78, 5) is 7.28. The molecule has 2 rings (SSSR count). The van der Waals surface area contributed by atoms with Gasteiger partial charge in [0.25, 0.3) is 0 Å². The highest BCUT2D eigenvalue weighted by atomic mass is 127. The fourth-order valence-corrected chi connectivity index (χ4v) is 2.32. The van der Waals surface area contributed by atoms with Gasteiger partial charge in [-0.15, -0.1) is 24.0 Å². The lowest BCUT2D eigenvalue weighted by Gasteiger charge is -2.11. The molecule has 23 heavy (non-hydrogen) atoms. The summed E-state index contributed by atoms with van der Waals surface area (Å²) in [6.07, 6.45) is 3.70. The number of benzene rings is 1. The first-order valence-corrected chi connectivity index (χ1v) is 7.43. The van der Waals surface area contributed by atoms with Crippen LogP contribution in [0.4, 0.5) is 4.39 Å². The number of ether oxygens (including phenoxy) is 1. The zero-order valence-corrected chi connectivity index (χ0v) is 15.8. The van der Waals surface area contributed by atoms with Gasteiger partial charge < -0.3 is 20.4 Å². The van der Waals surface area contributed by atoms with Gasteiger partial charge in [0.15, 0.2) is 5.96 Å². The molecule has 0 spiro atoms. The normalized spacial score (nSPS) is 11.3. The summed E-state index contributed by atoms with van der Waals surface area (Å²) in [6, 6.07) is 4.82. The molecule has 0 amide bonds. The van der Waals surface area contributed by atoms with Gasteiger partial charge in [0.1, 0.15) is 5.82 Å². The van der Waals surface area contributed by atoms with E-state index in [4.69, 9.17) is 4.74 Å². The summed E-state index contributed by atoms with van der Waals surface area (Å²) in [5.74, 6) is 0.557. The smallest absolute Gasteiger partial charge is 0.190 e. The number of nitrogens with zero attached hydrogens (tertiary/aromatic N) is 1. The standard InChI is InChI=1S/C16H23FN4O.HI/c1-18-16(19-7-3-9-22-2)20-8-6-12-11-21-15-10-13(17)4-5-14(12)15;/h4-5,10-11,21H,3,6-9H2,1-2H3,(H2,18,19,20);1H. The van der Waals surface area contributed by atoms with E-state index in [2.05, 4.69) is 20.6 Å². The second kappa shape index (κ2) is 10.4. The van der Waals surface area contributed by atoms with E-state index < -0.39 is 0 Å². The van der Waals surface area contributed by atoms with E-state index in [1.165, 1.54) is 12.1 Å². The van der Waals surface area contributed by atoms with Crippen LogP contribution in [0.1, 0.15) is 12.0 Å². The highest BCUT2D eigenvalue weighted by molar-refractivity contribution is 14.0. The predicted octanol–water partition coefficient (Wildman–Crippen LogP) is 2.67. The van der Waals surface area contributed by atoms with Crippen molar-refractivity contribution in [3.63, 3.8) is 0 Å². The van der Waals surface area contributed by atoms with Crippen molar-refractivity contribution in [1.29, 1.82) is 0 Å². The first kappa shape index (κ1) is 19.7. The molecule has 2 aromatic rings. The maximum absolute atomic E-state index is 13.2. The molecule has 1 aromatic carbocycles. The van der Waals surface area contributed by atoms with Crippen molar-refractivity contribution in [3.8, 4) is 0 Å². The van der Waals surface area contributed by atoms with E-state index in [-0.39, 0.29) is 29.8 Å². The lowest BCUT2D eigenvalue weighted by molar-refractivity contribution is 0.195. The molecule has 0 bridgehead atoms. The van der Waals surface area contributed by atoms with Crippen LogP contribution in [0.25, 0.3) is 10.9 Å². The lowest BCUT2D eigenvalue weighted by atomic mass is 10.1. The van der Waals surface area contributed by atoms with Gasteiger partial charge in [0, 0.05) is 51.0 Å². The van der Waals surface area contributed by atoms with Crippen LogP contribution in [-0.2, 0) is 11.2 Å². The number of aromatic nitrogens is 1. The largest absolute Gasteiger partial charge is 0.385 e. The molecule has 5 nitrogen and oxygen atoms in total. The second-order valence-corrected chi connectivity index (χ2v) is 5.03. The van der Waals surface area contributed by atoms with Gasteiger partial charge in [-0.1, -0.05) is 0 Å². The van der Waals surface area contributed by atoms with Gasteiger partial charge >= 0.3 is 0 Å². The Morgan fingerprint density at radius 2 is 2.09 bits per heavy atom. The van der Waals surface area contributed by atoms with Crippen LogP contribution in [0.2, 0.25) is 0 Å². The molecule has 3 N–H and O–H groups in total. The zero-order chi connectivity index (χ0) is 15.8. The summed E-state index contributed by atoms with van der Waals surface area (Å²) >= 11 is 0. The number of fused-ring (bicyclic) bond motifs is 1. The number of hydrogen-bond donors (Lipinski definition) is 3. The van der Waals surface area contributed by atoms with E-state index in [0.717, 1.165) is 55.0 Å². The van der Waals surface area contributed by atoms with Crippen molar-refractivity contribution in [2.24, 2.45) is 4.99 Å². The summed E-state index contributed by atoms with van der Waals surface area (Å²) in [7, 11) is 3.44. The van der Waals surface area contributed by atoms with Crippen molar-refractivity contribution in [2.45, 2.75) is 12.8 Å². The van der Waals surface area contributed by atoms with Crippen LogP contribution in [0.3, 0.4) is 0 Å². The predicted molar refractivity (Wildman–Crippen MR) is 103 cm³/mol. The minimum absolute atomic E-state index is 0. The topological polar surface area (TPSA) is 61.4 Å². The molecule has 0 aliphatic heterocycles. The number of aromatic amines is 1. The monoisotopic (exact) mass is 434 g/mol. The summed E-state index contributed by atoms with van der Waals surface area (Å²) < 4.78 is 18.2. The Kier molecular flexibility index (Phi) is 8.93. The zero-order valence-electron chi connectivity index (χ0n) is 13.5. The van der Waals surface area contributed by atoms with Crippen molar-refractivity contribution in [1.82, 2.24) is 15.6 Å². The molecule has 0 fully saturated rings. The molecule has 0 saturated heterocycles. The van der Waals surface area contributed by atoms with Crippen LogP contribution in [0, 0.1) is 5.82 Å². The fourth-order valence-electron chi connectivity index (χ4n) is 2.32. The van der Waals surface area contributed by atoms with Gasteiger partial charge in [-0.3, -0.25) is 4.99 Å². The molecular weight excluding hydrogens is 410 g/mol. The Morgan fingerprint density at radius 1 is 1.30 bits per heavy atom. The van der Waals surface area contributed by atoms with Gasteiger partial charge in [-0.25, -0.2) is 4.39 Å². The van der Waals surface area contributed by atoms with Crippen LogP contribution < -0.4 is 10.6 Å². The van der Waals surface area contributed by atoms with Gasteiger partial charge in [0.05, 0.1) is 0 Å². The number of H-pyrrole nitrogens is 1.